The first-order valence-electron chi connectivity index (χ1n) is 5.11. The fourth-order valence-electron chi connectivity index (χ4n) is 0.819. The molecule has 0 aliphatic rings. The van der Waals surface area contributed by atoms with Gasteiger partial charge in [-0.05, 0) is 17.8 Å². The normalized spacial score (nSPS) is 12.1. The Labute approximate surface area is 95.4 Å². The third-order valence-electron chi connectivity index (χ3n) is 1.58. The van der Waals surface area contributed by atoms with Crippen LogP contribution in [0.15, 0.2) is 0 Å². The highest BCUT2D eigenvalue weighted by molar-refractivity contribution is 8.69. The van der Waals surface area contributed by atoms with Crippen LogP contribution in [0.5, 0.6) is 0 Å². The molecule has 0 saturated heterocycles. The van der Waals surface area contributed by atoms with Crippen LogP contribution < -0.4 is 0 Å². The molecule has 0 aliphatic carbocycles. The molecule has 0 atom stereocenters. The fraction of sp³-hybridized carbons (Fsp3) is 1.00. The van der Waals surface area contributed by atoms with Crippen LogP contribution in [-0.4, -0.2) is 21.3 Å². The van der Waals surface area contributed by atoms with Crippen LogP contribution in [-0.2, 0) is 10.9 Å². The first-order valence-corrected chi connectivity index (χ1v) is 9.99. The van der Waals surface area contributed by atoms with Crippen LogP contribution >= 0.6 is 17.1 Å². The minimum absolute atomic E-state index is 0.523. The van der Waals surface area contributed by atoms with Crippen LogP contribution in [0.2, 0.25) is 0 Å². The molecule has 2 nitrogen and oxygen atoms in total. The van der Waals surface area contributed by atoms with E-state index in [1.807, 2.05) is 0 Å². The van der Waals surface area contributed by atoms with Crippen molar-refractivity contribution in [3.05, 3.63) is 0 Å². The largest absolute Gasteiger partial charge is 0.430 e. The van der Waals surface area contributed by atoms with E-state index in [0.717, 1.165) is 17.9 Å². The van der Waals surface area contributed by atoms with Crippen molar-refractivity contribution >= 4 is 28.0 Å². The molecular formula is C9H22O2PS2+. The third kappa shape index (κ3) is 9.47. The molecule has 0 spiro atoms. The maximum atomic E-state index is 9.66. The summed E-state index contributed by atoms with van der Waals surface area (Å²) < 4.78 is 0. The van der Waals surface area contributed by atoms with Crippen molar-refractivity contribution in [1.29, 1.82) is 0 Å². The lowest BCUT2D eigenvalue weighted by atomic mass is 10.3. The van der Waals surface area contributed by atoms with Crippen molar-refractivity contribution in [3.8, 4) is 0 Å². The summed E-state index contributed by atoms with van der Waals surface area (Å²) in [5.41, 5.74) is -2.70. The Morgan fingerprint density at radius 1 is 1.29 bits per heavy atom. The lowest BCUT2D eigenvalue weighted by molar-refractivity contribution is 0.501. The monoisotopic (exact) mass is 257 g/mol. The zero-order chi connectivity index (χ0) is 11.0. The molecule has 5 heteroatoms. The van der Waals surface area contributed by atoms with E-state index in [1.165, 1.54) is 35.2 Å². The van der Waals surface area contributed by atoms with Gasteiger partial charge in [-0.3, -0.25) is 0 Å². The van der Waals surface area contributed by atoms with Gasteiger partial charge in [0.25, 0.3) is 0 Å². The van der Waals surface area contributed by atoms with Gasteiger partial charge in [-0.25, -0.2) is 0 Å². The van der Waals surface area contributed by atoms with Crippen molar-refractivity contribution in [2.75, 3.05) is 11.5 Å². The average Bonchev–Trinajstić information content (AvgIpc) is 2.10. The zero-order valence-electron chi connectivity index (χ0n) is 9.27. The maximum absolute atomic E-state index is 9.66. The van der Waals surface area contributed by atoms with E-state index >= 15 is 0 Å². The summed E-state index contributed by atoms with van der Waals surface area (Å²) in [6, 6.07) is 0. The predicted molar refractivity (Wildman–Crippen MR) is 70.4 cm³/mol. The second kappa shape index (κ2) is 8.12. The van der Waals surface area contributed by atoms with Gasteiger partial charge in [0.05, 0.1) is 0 Å². The van der Waals surface area contributed by atoms with Gasteiger partial charge in [0.1, 0.15) is 0 Å². The third-order valence-corrected chi connectivity index (χ3v) is 8.45. The molecule has 0 amide bonds. The SMILES string of the molecule is CCCCCSP(O)(O)=[S+]CC(C)C. The van der Waals surface area contributed by atoms with Gasteiger partial charge < -0.3 is 9.79 Å². The second-order valence-electron chi connectivity index (χ2n) is 3.72. The molecular weight excluding hydrogens is 235 g/mol. The first kappa shape index (κ1) is 14.9. The summed E-state index contributed by atoms with van der Waals surface area (Å²) in [6.45, 7) is 6.34. The smallest absolute Gasteiger partial charge is 0.304 e. The molecule has 0 unspecified atom stereocenters. The van der Waals surface area contributed by atoms with E-state index in [4.69, 9.17) is 0 Å². The summed E-state index contributed by atoms with van der Waals surface area (Å²) in [6.07, 6.45) is 3.45. The summed E-state index contributed by atoms with van der Waals surface area (Å²) in [5.74, 6) is 2.23. The summed E-state index contributed by atoms with van der Waals surface area (Å²) in [7, 11) is 1.33. The molecule has 0 aromatic carbocycles. The van der Waals surface area contributed by atoms with Crippen LogP contribution in [0.1, 0.15) is 40.0 Å². The minimum atomic E-state index is -2.70. The molecule has 0 heterocycles. The second-order valence-corrected chi connectivity index (χ2v) is 11.3. The lowest BCUT2D eigenvalue weighted by Gasteiger charge is -2.00. The molecule has 0 radical (unpaired) electrons. The van der Waals surface area contributed by atoms with E-state index in [-0.39, 0.29) is 0 Å². The predicted octanol–water partition coefficient (Wildman–Crippen LogP) is 3.31. The Morgan fingerprint density at radius 3 is 2.43 bits per heavy atom. The number of rotatable bonds is 7. The van der Waals surface area contributed by atoms with Gasteiger partial charge in [0, 0.05) is 11.7 Å². The lowest BCUT2D eigenvalue weighted by Crippen LogP contribution is -1.94. The summed E-state index contributed by atoms with van der Waals surface area (Å²) in [4.78, 5) is 19.3. The molecule has 14 heavy (non-hydrogen) atoms. The van der Waals surface area contributed by atoms with Crippen molar-refractivity contribution in [3.63, 3.8) is 0 Å². The maximum Gasteiger partial charge on any atom is 0.430 e. The molecule has 0 saturated carbocycles. The van der Waals surface area contributed by atoms with Crippen molar-refractivity contribution < 1.29 is 9.79 Å². The molecule has 2 N–H and O–H groups in total. The van der Waals surface area contributed by atoms with Crippen LogP contribution in [0.3, 0.4) is 0 Å². The van der Waals surface area contributed by atoms with Crippen molar-refractivity contribution in [2.24, 2.45) is 5.92 Å². The Bertz CT molecular complexity index is 189. The van der Waals surface area contributed by atoms with E-state index in [2.05, 4.69) is 20.8 Å². The Morgan fingerprint density at radius 2 is 1.93 bits per heavy atom. The van der Waals surface area contributed by atoms with Gasteiger partial charge in [0.15, 0.2) is 5.75 Å². The van der Waals surface area contributed by atoms with E-state index < -0.39 is 5.69 Å². The standard InChI is InChI=1S/C9H22O2PS2/c1-4-5-6-7-13-12(10,11)14-8-9(2)3/h9-11H,4-8H2,1-3H3/q+1. The van der Waals surface area contributed by atoms with Crippen LogP contribution in [0.25, 0.3) is 0 Å². The molecule has 0 bridgehead atoms. The van der Waals surface area contributed by atoms with Gasteiger partial charge in [-0.1, -0.05) is 33.6 Å². The Hall–Kier alpha value is 0.920. The van der Waals surface area contributed by atoms with Crippen molar-refractivity contribution in [2.45, 2.75) is 40.0 Å². The topological polar surface area (TPSA) is 40.5 Å². The highest BCUT2D eigenvalue weighted by Crippen LogP contribution is 2.53. The molecule has 0 fully saturated rings. The average molecular weight is 257 g/mol. The van der Waals surface area contributed by atoms with E-state index in [9.17, 15) is 9.79 Å². The Kier molecular flexibility index (Phi) is 8.65. The number of unbranched alkanes of at least 4 members (excludes halogenated alkanes) is 2. The highest BCUT2D eigenvalue weighted by Gasteiger charge is 2.24. The quantitative estimate of drug-likeness (QED) is 0.417. The van der Waals surface area contributed by atoms with Crippen molar-refractivity contribution in [1.82, 2.24) is 0 Å². The first-order chi connectivity index (χ1) is 6.48. The van der Waals surface area contributed by atoms with Crippen LogP contribution in [0, 0.1) is 5.92 Å². The summed E-state index contributed by atoms with van der Waals surface area (Å²) >= 11 is 1.35. The van der Waals surface area contributed by atoms with Gasteiger partial charge in [0.2, 0.25) is 10.9 Å². The molecule has 0 rings (SSSR count). The van der Waals surface area contributed by atoms with E-state index in [0.29, 0.717) is 5.92 Å². The Balaban J connectivity index is 3.76. The molecule has 0 aromatic rings. The molecule has 0 aromatic heterocycles. The number of hydrogen-bond acceptors (Lipinski definition) is 1. The minimum Gasteiger partial charge on any atom is -0.304 e. The summed E-state index contributed by atoms with van der Waals surface area (Å²) in [5, 5.41) is 0. The zero-order valence-corrected chi connectivity index (χ0v) is 11.8. The highest BCUT2D eigenvalue weighted by atomic mass is 32.9. The van der Waals surface area contributed by atoms with Gasteiger partial charge in [-0.15, -0.1) is 0 Å². The fourth-order valence-corrected chi connectivity index (χ4v) is 6.65. The molecule has 0 aliphatic heterocycles. The molecule has 86 valence electrons. The van der Waals surface area contributed by atoms with Gasteiger partial charge >= 0.3 is 5.69 Å². The van der Waals surface area contributed by atoms with Gasteiger partial charge in [-0.2, -0.15) is 0 Å². The van der Waals surface area contributed by atoms with Crippen LogP contribution in [0.4, 0.5) is 0 Å². The number of hydrogen-bond donors (Lipinski definition) is 2. The van der Waals surface area contributed by atoms with E-state index in [1.54, 1.807) is 0 Å².